The van der Waals surface area contributed by atoms with Crippen LogP contribution in [0.15, 0.2) is 12.2 Å². The fourth-order valence-electron chi connectivity index (χ4n) is 1.05. The fourth-order valence-corrected chi connectivity index (χ4v) is 1.05. The molecule has 0 aliphatic heterocycles. The Hall–Kier alpha value is -0.590. The maximum atomic E-state index is 11.5. The third-order valence-electron chi connectivity index (χ3n) is 2.27. The van der Waals surface area contributed by atoms with Crippen molar-refractivity contribution in [2.75, 3.05) is 0 Å². The lowest BCUT2D eigenvalue weighted by Crippen LogP contribution is -2.19. The molecule has 0 heterocycles. The summed E-state index contributed by atoms with van der Waals surface area (Å²) in [6.45, 7) is 12.0. The van der Waals surface area contributed by atoms with E-state index < -0.39 is 0 Å². The predicted molar refractivity (Wildman–Crippen MR) is 57.7 cm³/mol. The summed E-state index contributed by atoms with van der Waals surface area (Å²) >= 11 is 0. The van der Waals surface area contributed by atoms with Gasteiger partial charge in [0.05, 0.1) is 0 Å². The first kappa shape index (κ1) is 12.4. The van der Waals surface area contributed by atoms with E-state index in [1.54, 1.807) is 0 Å². The van der Waals surface area contributed by atoms with Crippen molar-refractivity contribution in [1.29, 1.82) is 0 Å². The molecule has 0 aromatic heterocycles. The largest absolute Gasteiger partial charge is 0.299 e. The van der Waals surface area contributed by atoms with Crippen molar-refractivity contribution >= 4 is 5.78 Å². The summed E-state index contributed by atoms with van der Waals surface area (Å²) in [6.07, 6.45) is 3.69. The van der Waals surface area contributed by atoms with Crippen LogP contribution in [0, 0.1) is 5.41 Å². The molecule has 13 heavy (non-hydrogen) atoms. The highest BCUT2D eigenvalue weighted by molar-refractivity contribution is 5.83. The minimum absolute atomic E-state index is 0.173. The lowest BCUT2D eigenvalue weighted by atomic mass is 9.87. The third-order valence-corrected chi connectivity index (χ3v) is 2.27. The highest BCUT2D eigenvalue weighted by Gasteiger charge is 2.19. The molecule has 1 heteroatoms. The molecule has 0 aromatic rings. The standard InChI is InChI=1S/C12H22O/c1-6-10(2)8-7-9-11(13)12(3,4)5/h2,6-9H2,1,3-5H3. The zero-order valence-electron chi connectivity index (χ0n) is 9.44. The maximum absolute atomic E-state index is 11.5. The minimum atomic E-state index is -0.173. The summed E-state index contributed by atoms with van der Waals surface area (Å²) in [5, 5.41) is 0. The SMILES string of the molecule is C=C(CC)CCCC(=O)C(C)(C)C. The Morgan fingerprint density at radius 1 is 1.23 bits per heavy atom. The van der Waals surface area contributed by atoms with Crippen LogP contribution in [-0.4, -0.2) is 5.78 Å². The molecule has 0 fully saturated rings. The Bertz CT molecular complexity index is 184. The molecule has 0 bridgehead atoms. The van der Waals surface area contributed by atoms with E-state index in [1.165, 1.54) is 5.57 Å². The summed E-state index contributed by atoms with van der Waals surface area (Å²) in [5.41, 5.74) is 1.08. The van der Waals surface area contributed by atoms with Gasteiger partial charge in [0.15, 0.2) is 0 Å². The van der Waals surface area contributed by atoms with Crippen molar-refractivity contribution in [2.45, 2.75) is 53.4 Å². The molecular weight excluding hydrogens is 160 g/mol. The quantitative estimate of drug-likeness (QED) is 0.592. The first-order valence-corrected chi connectivity index (χ1v) is 5.08. The van der Waals surface area contributed by atoms with Crippen LogP contribution >= 0.6 is 0 Å². The zero-order valence-corrected chi connectivity index (χ0v) is 9.44. The molecule has 0 aliphatic rings. The summed E-state index contributed by atoms with van der Waals surface area (Å²) in [6, 6.07) is 0. The second kappa shape index (κ2) is 5.21. The molecule has 0 atom stereocenters. The molecular formula is C12H22O. The van der Waals surface area contributed by atoms with Crippen LogP contribution in [-0.2, 0) is 4.79 Å². The minimum Gasteiger partial charge on any atom is -0.299 e. The van der Waals surface area contributed by atoms with E-state index >= 15 is 0 Å². The number of hydrogen-bond acceptors (Lipinski definition) is 1. The Morgan fingerprint density at radius 2 is 1.77 bits per heavy atom. The van der Waals surface area contributed by atoms with Crippen LogP contribution in [0.25, 0.3) is 0 Å². The van der Waals surface area contributed by atoms with Crippen LogP contribution in [0.4, 0.5) is 0 Å². The maximum Gasteiger partial charge on any atom is 0.138 e. The normalized spacial score (nSPS) is 11.4. The van der Waals surface area contributed by atoms with Gasteiger partial charge in [0.2, 0.25) is 0 Å². The number of carbonyl (C=O) groups is 1. The third kappa shape index (κ3) is 5.62. The lowest BCUT2D eigenvalue weighted by Gasteiger charge is -2.16. The first-order valence-electron chi connectivity index (χ1n) is 5.08. The molecule has 0 aromatic carbocycles. The molecule has 0 saturated carbocycles. The van der Waals surface area contributed by atoms with E-state index in [0.717, 1.165) is 19.3 Å². The second-order valence-corrected chi connectivity index (χ2v) is 4.63. The van der Waals surface area contributed by atoms with Crippen LogP contribution in [0.1, 0.15) is 53.4 Å². The summed E-state index contributed by atoms with van der Waals surface area (Å²) in [7, 11) is 0. The lowest BCUT2D eigenvalue weighted by molar-refractivity contribution is -0.126. The Labute approximate surface area is 82.2 Å². The topological polar surface area (TPSA) is 17.1 Å². The molecule has 0 saturated heterocycles. The van der Waals surface area contributed by atoms with Gasteiger partial charge in [-0.25, -0.2) is 0 Å². The number of Topliss-reactive ketones (excluding diaryl/α,β-unsaturated/α-hetero) is 1. The van der Waals surface area contributed by atoms with Gasteiger partial charge in [-0.2, -0.15) is 0 Å². The number of carbonyl (C=O) groups excluding carboxylic acids is 1. The van der Waals surface area contributed by atoms with E-state index in [2.05, 4.69) is 13.5 Å². The Balaban J connectivity index is 3.67. The molecule has 0 spiro atoms. The second-order valence-electron chi connectivity index (χ2n) is 4.63. The number of allylic oxidation sites excluding steroid dienone is 1. The molecule has 0 amide bonds. The summed E-state index contributed by atoms with van der Waals surface area (Å²) < 4.78 is 0. The summed E-state index contributed by atoms with van der Waals surface area (Å²) in [5.74, 6) is 0.358. The van der Waals surface area contributed by atoms with Crippen LogP contribution in [0.2, 0.25) is 0 Å². The van der Waals surface area contributed by atoms with Gasteiger partial charge in [-0.15, -0.1) is 0 Å². The van der Waals surface area contributed by atoms with E-state index in [0.29, 0.717) is 12.2 Å². The van der Waals surface area contributed by atoms with Gasteiger partial charge in [-0.3, -0.25) is 4.79 Å². The summed E-state index contributed by atoms with van der Waals surface area (Å²) in [4.78, 5) is 11.5. The zero-order chi connectivity index (χ0) is 10.5. The molecule has 0 aliphatic carbocycles. The van der Waals surface area contributed by atoms with Crippen LogP contribution in [0.3, 0.4) is 0 Å². The van der Waals surface area contributed by atoms with E-state index in [1.807, 2.05) is 20.8 Å². The van der Waals surface area contributed by atoms with Crippen LogP contribution in [0.5, 0.6) is 0 Å². The van der Waals surface area contributed by atoms with E-state index in [4.69, 9.17) is 0 Å². The van der Waals surface area contributed by atoms with Gasteiger partial charge < -0.3 is 0 Å². The van der Waals surface area contributed by atoms with Gasteiger partial charge in [0.25, 0.3) is 0 Å². The fraction of sp³-hybridized carbons (Fsp3) is 0.750. The van der Waals surface area contributed by atoms with Gasteiger partial charge in [-0.1, -0.05) is 39.8 Å². The van der Waals surface area contributed by atoms with Crippen LogP contribution < -0.4 is 0 Å². The first-order chi connectivity index (χ1) is 5.88. The van der Waals surface area contributed by atoms with Crippen molar-refractivity contribution in [1.82, 2.24) is 0 Å². The smallest absolute Gasteiger partial charge is 0.138 e. The average molecular weight is 182 g/mol. The molecule has 1 nitrogen and oxygen atoms in total. The monoisotopic (exact) mass is 182 g/mol. The van der Waals surface area contributed by atoms with E-state index in [9.17, 15) is 4.79 Å². The highest BCUT2D eigenvalue weighted by Crippen LogP contribution is 2.19. The van der Waals surface area contributed by atoms with Crippen molar-refractivity contribution in [3.63, 3.8) is 0 Å². The molecule has 0 radical (unpaired) electrons. The van der Waals surface area contributed by atoms with E-state index in [-0.39, 0.29) is 5.41 Å². The highest BCUT2D eigenvalue weighted by atomic mass is 16.1. The van der Waals surface area contributed by atoms with Crippen molar-refractivity contribution < 1.29 is 4.79 Å². The van der Waals surface area contributed by atoms with Crippen molar-refractivity contribution in [3.8, 4) is 0 Å². The van der Waals surface area contributed by atoms with Gasteiger partial charge in [-0.05, 0) is 19.3 Å². The molecule has 0 unspecified atom stereocenters. The molecule has 0 rings (SSSR count). The Morgan fingerprint density at radius 3 is 2.15 bits per heavy atom. The Kier molecular flexibility index (Phi) is 4.97. The molecule has 76 valence electrons. The van der Waals surface area contributed by atoms with Crippen molar-refractivity contribution in [3.05, 3.63) is 12.2 Å². The van der Waals surface area contributed by atoms with Gasteiger partial charge in [0, 0.05) is 11.8 Å². The number of rotatable bonds is 5. The average Bonchev–Trinajstić information content (AvgIpc) is 2.02. The number of hydrogen-bond donors (Lipinski definition) is 0. The van der Waals surface area contributed by atoms with Gasteiger partial charge in [0.1, 0.15) is 5.78 Å². The van der Waals surface area contributed by atoms with Crippen molar-refractivity contribution in [2.24, 2.45) is 5.41 Å². The van der Waals surface area contributed by atoms with Gasteiger partial charge >= 0.3 is 0 Å². The molecule has 0 N–H and O–H groups in total. The predicted octanol–water partition coefficient (Wildman–Crippen LogP) is 3.74. The number of ketones is 1.